The van der Waals surface area contributed by atoms with E-state index in [-0.39, 0.29) is 23.7 Å². The van der Waals surface area contributed by atoms with Crippen LogP contribution >= 0.6 is 0 Å². The van der Waals surface area contributed by atoms with Crippen molar-refractivity contribution >= 4 is 17.8 Å². The number of carboxylic acids is 1. The molecule has 1 aliphatic carbocycles. The van der Waals surface area contributed by atoms with E-state index in [2.05, 4.69) is 5.32 Å². The van der Waals surface area contributed by atoms with Gasteiger partial charge in [-0.2, -0.15) is 0 Å². The fourth-order valence-corrected chi connectivity index (χ4v) is 3.01. The van der Waals surface area contributed by atoms with Crippen molar-refractivity contribution in [1.82, 2.24) is 10.2 Å². The SMILES string of the molecule is CCOCCCNC(=O)C1CCN(C(=O)C2CC2C(=O)O)CC1. The summed E-state index contributed by atoms with van der Waals surface area (Å²) in [4.78, 5) is 36.8. The predicted octanol–water partition coefficient (Wildman–Crippen LogP) is 0.489. The summed E-state index contributed by atoms with van der Waals surface area (Å²) in [6.45, 7) is 4.96. The highest BCUT2D eigenvalue weighted by Gasteiger charge is 2.50. The van der Waals surface area contributed by atoms with Crippen LogP contribution in [-0.4, -0.2) is 60.6 Å². The number of ether oxygens (including phenoxy) is 1. The van der Waals surface area contributed by atoms with Crippen LogP contribution in [-0.2, 0) is 19.1 Å². The fourth-order valence-electron chi connectivity index (χ4n) is 3.01. The molecule has 2 fully saturated rings. The third-order valence-electron chi connectivity index (χ3n) is 4.57. The van der Waals surface area contributed by atoms with Crippen molar-refractivity contribution in [3.05, 3.63) is 0 Å². The number of aliphatic carboxylic acids is 1. The van der Waals surface area contributed by atoms with Crippen molar-refractivity contribution in [1.29, 1.82) is 0 Å². The van der Waals surface area contributed by atoms with Gasteiger partial charge in [-0.1, -0.05) is 0 Å². The van der Waals surface area contributed by atoms with E-state index in [1.54, 1.807) is 4.90 Å². The monoisotopic (exact) mass is 326 g/mol. The summed E-state index contributed by atoms with van der Waals surface area (Å²) in [5.74, 6) is -1.81. The first kappa shape index (κ1) is 17.7. The minimum absolute atomic E-state index is 0.0448. The molecule has 2 unspecified atom stereocenters. The van der Waals surface area contributed by atoms with Gasteiger partial charge in [-0.15, -0.1) is 0 Å². The molecule has 130 valence electrons. The van der Waals surface area contributed by atoms with Gasteiger partial charge in [-0.05, 0) is 32.6 Å². The highest BCUT2D eigenvalue weighted by Crippen LogP contribution is 2.40. The average Bonchev–Trinajstić information content (AvgIpc) is 3.35. The maximum Gasteiger partial charge on any atom is 0.307 e. The molecule has 0 aromatic carbocycles. The van der Waals surface area contributed by atoms with Crippen molar-refractivity contribution < 1.29 is 24.2 Å². The molecule has 7 nitrogen and oxygen atoms in total. The van der Waals surface area contributed by atoms with Crippen LogP contribution in [0, 0.1) is 17.8 Å². The molecular formula is C16H26N2O5. The highest BCUT2D eigenvalue weighted by molar-refractivity contribution is 5.89. The molecule has 0 bridgehead atoms. The summed E-state index contributed by atoms with van der Waals surface area (Å²) in [5.41, 5.74) is 0. The van der Waals surface area contributed by atoms with Gasteiger partial charge in [-0.25, -0.2) is 0 Å². The standard InChI is InChI=1S/C16H26N2O5/c1-2-23-9-3-6-17-14(19)11-4-7-18(8-5-11)15(20)12-10-13(12)16(21)22/h11-13H,2-10H2,1H3,(H,17,19)(H,21,22). The van der Waals surface area contributed by atoms with E-state index in [4.69, 9.17) is 9.84 Å². The summed E-state index contributed by atoms with van der Waals surface area (Å²) < 4.78 is 5.22. The number of carbonyl (C=O) groups excluding carboxylic acids is 2. The van der Waals surface area contributed by atoms with Gasteiger partial charge >= 0.3 is 5.97 Å². The zero-order valence-corrected chi connectivity index (χ0v) is 13.6. The van der Waals surface area contributed by atoms with Gasteiger partial charge in [0.25, 0.3) is 0 Å². The van der Waals surface area contributed by atoms with Crippen LogP contribution < -0.4 is 5.32 Å². The van der Waals surface area contributed by atoms with Crippen LogP contribution in [0.2, 0.25) is 0 Å². The lowest BCUT2D eigenvalue weighted by atomic mass is 9.95. The maximum absolute atomic E-state index is 12.2. The van der Waals surface area contributed by atoms with E-state index in [0.29, 0.717) is 52.1 Å². The van der Waals surface area contributed by atoms with Crippen LogP contribution in [0.25, 0.3) is 0 Å². The Morgan fingerprint density at radius 2 is 1.91 bits per heavy atom. The van der Waals surface area contributed by atoms with E-state index in [1.165, 1.54) is 0 Å². The molecule has 2 N–H and O–H groups in total. The first-order valence-electron chi connectivity index (χ1n) is 8.41. The van der Waals surface area contributed by atoms with Crippen LogP contribution in [0.15, 0.2) is 0 Å². The quantitative estimate of drug-likeness (QED) is 0.633. The third kappa shape index (κ3) is 4.92. The van der Waals surface area contributed by atoms with E-state index >= 15 is 0 Å². The highest BCUT2D eigenvalue weighted by atomic mass is 16.5. The summed E-state index contributed by atoms with van der Waals surface area (Å²) in [6, 6.07) is 0. The summed E-state index contributed by atoms with van der Waals surface area (Å²) in [5, 5.41) is 11.8. The normalized spacial score (nSPS) is 24.3. The molecule has 0 radical (unpaired) electrons. The van der Waals surface area contributed by atoms with Crippen LogP contribution in [0.3, 0.4) is 0 Å². The van der Waals surface area contributed by atoms with Gasteiger partial charge in [0.2, 0.25) is 11.8 Å². The number of hydrogen-bond acceptors (Lipinski definition) is 4. The molecule has 0 aromatic rings. The van der Waals surface area contributed by atoms with Crippen molar-refractivity contribution in [2.45, 2.75) is 32.6 Å². The van der Waals surface area contributed by atoms with Gasteiger partial charge < -0.3 is 20.1 Å². The second-order valence-corrected chi connectivity index (χ2v) is 6.23. The Morgan fingerprint density at radius 1 is 1.22 bits per heavy atom. The van der Waals surface area contributed by atoms with E-state index in [9.17, 15) is 14.4 Å². The third-order valence-corrected chi connectivity index (χ3v) is 4.57. The molecule has 2 atom stereocenters. The van der Waals surface area contributed by atoms with Gasteiger partial charge in [0.15, 0.2) is 0 Å². The first-order chi connectivity index (χ1) is 11.0. The van der Waals surface area contributed by atoms with Crippen LogP contribution in [0.1, 0.15) is 32.6 Å². The number of piperidine rings is 1. The molecule has 0 aromatic heterocycles. The summed E-state index contributed by atoms with van der Waals surface area (Å²) >= 11 is 0. The number of hydrogen-bond donors (Lipinski definition) is 2. The largest absolute Gasteiger partial charge is 0.481 e. The Morgan fingerprint density at radius 3 is 2.48 bits per heavy atom. The van der Waals surface area contributed by atoms with E-state index in [0.717, 1.165) is 6.42 Å². The molecular weight excluding hydrogens is 300 g/mol. The van der Waals surface area contributed by atoms with E-state index < -0.39 is 11.9 Å². The maximum atomic E-state index is 12.2. The van der Waals surface area contributed by atoms with Crippen LogP contribution in [0.4, 0.5) is 0 Å². The second kappa shape index (κ2) is 8.29. The number of nitrogens with one attached hydrogen (secondary N) is 1. The Balaban J connectivity index is 1.64. The number of carboxylic acid groups (broad SMARTS) is 1. The van der Waals surface area contributed by atoms with Gasteiger partial charge in [-0.3, -0.25) is 14.4 Å². The second-order valence-electron chi connectivity index (χ2n) is 6.23. The number of amides is 2. The molecule has 0 spiro atoms. The molecule has 1 heterocycles. The Labute approximate surface area is 136 Å². The fraction of sp³-hybridized carbons (Fsp3) is 0.812. The Bertz CT molecular complexity index is 446. The minimum Gasteiger partial charge on any atom is -0.481 e. The lowest BCUT2D eigenvalue weighted by Crippen LogP contribution is -2.44. The minimum atomic E-state index is -0.885. The van der Waals surface area contributed by atoms with E-state index in [1.807, 2.05) is 6.92 Å². The summed E-state index contributed by atoms with van der Waals surface area (Å²) in [6.07, 6.45) is 2.55. The molecule has 2 amide bonds. The zero-order chi connectivity index (χ0) is 16.8. The smallest absolute Gasteiger partial charge is 0.307 e. The van der Waals surface area contributed by atoms with Crippen molar-refractivity contribution in [2.24, 2.45) is 17.8 Å². The average molecular weight is 326 g/mol. The lowest BCUT2D eigenvalue weighted by Gasteiger charge is -2.31. The molecule has 1 saturated heterocycles. The van der Waals surface area contributed by atoms with Gasteiger partial charge in [0, 0.05) is 38.8 Å². The zero-order valence-electron chi connectivity index (χ0n) is 13.6. The molecule has 23 heavy (non-hydrogen) atoms. The lowest BCUT2D eigenvalue weighted by molar-refractivity contribution is -0.142. The molecule has 1 aliphatic heterocycles. The Hall–Kier alpha value is -1.63. The Kier molecular flexibility index (Phi) is 6.38. The number of carbonyl (C=O) groups is 3. The van der Waals surface area contributed by atoms with Crippen molar-refractivity contribution in [3.63, 3.8) is 0 Å². The predicted molar refractivity (Wildman–Crippen MR) is 82.7 cm³/mol. The number of nitrogens with zero attached hydrogens (tertiary/aromatic N) is 1. The van der Waals surface area contributed by atoms with Crippen LogP contribution in [0.5, 0.6) is 0 Å². The summed E-state index contributed by atoms with van der Waals surface area (Å²) in [7, 11) is 0. The molecule has 1 saturated carbocycles. The molecule has 7 heteroatoms. The van der Waals surface area contributed by atoms with Gasteiger partial charge in [0.05, 0.1) is 11.8 Å². The van der Waals surface area contributed by atoms with Crippen molar-refractivity contribution in [2.75, 3.05) is 32.8 Å². The number of likely N-dealkylation sites (tertiary alicyclic amines) is 1. The number of rotatable bonds is 8. The first-order valence-corrected chi connectivity index (χ1v) is 8.41. The topological polar surface area (TPSA) is 95.9 Å². The van der Waals surface area contributed by atoms with Crippen molar-refractivity contribution in [3.8, 4) is 0 Å². The van der Waals surface area contributed by atoms with Gasteiger partial charge in [0.1, 0.15) is 0 Å². The molecule has 2 rings (SSSR count). The molecule has 2 aliphatic rings.